The highest BCUT2D eigenvalue weighted by Gasteiger charge is 2.47. The van der Waals surface area contributed by atoms with E-state index in [1.165, 1.54) is 0 Å². The summed E-state index contributed by atoms with van der Waals surface area (Å²) < 4.78 is 11.3. The van der Waals surface area contributed by atoms with E-state index >= 15 is 0 Å². The zero-order valence-electron chi connectivity index (χ0n) is 16.4. The molecule has 3 rings (SSSR count). The summed E-state index contributed by atoms with van der Waals surface area (Å²) in [4.78, 5) is 13.7. The third kappa shape index (κ3) is 3.77. The number of hydrogen-bond acceptors (Lipinski definition) is 6. The average molecular weight is 372 g/mol. The predicted molar refractivity (Wildman–Crippen MR) is 102 cm³/mol. The molecule has 27 heavy (non-hydrogen) atoms. The second-order valence-corrected chi connectivity index (χ2v) is 7.80. The number of nitrogens with one attached hydrogen (secondary N) is 1. The number of rotatable bonds is 6. The van der Waals surface area contributed by atoms with E-state index < -0.39 is 11.0 Å². The van der Waals surface area contributed by atoms with Crippen LogP contribution in [0.3, 0.4) is 0 Å². The summed E-state index contributed by atoms with van der Waals surface area (Å²) in [5, 5.41) is 17.7. The summed E-state index contributed by atoms with van der Waals surface area (Å²) in [6, 6.07) is 9.33. The molecule has 0 amide bonds. The Morgan fingerprint density at radius 1 is 1.44 bits per heavy atom. The van der Waals surface area contributed by atoms with Crippen molar-refractivity contribution in [1.82, 2.24) is 10.5 Å². The van der Waals surface area contributed by atoms with Crippen molar-refractivity contribution in [3.05, 3.63) is 47.3 Å². The van der Waals surface area contributed by atoms with Crippen molar-refractivity contribution in [3.8, 4) is 5.75 Å². The number of aliphatic hydroxyl groups is 1. The van der Waals surface area contributed by atoms with Gasteiger partial charge in [0.1, 0.15) is 22.5 Å². The van der Waals surface area contributed by atoms with Gasteiger partial charge >= 0.3 is 0 Å². The summed E-state index contributed by atoms with van der Waals surface area (Å²) in [5.41, 5.74) is -1.06. The molecule has 1 aromatic heterocycles. The quantitative estimate of drug-likeness (QED) is 0.758. The van der Waals surface area contributed by atoms with Crippen molar-refractivity contribution in [2.75, 3.05) is 13.2 Å². The third-order valence-corrected chi connectivity index (χ3v) is 5.23. The number of Topliss-reactive ketones (excluding diaryl/α,β-unsaturated/α-hetero) is 1. The molecule has 0 unspecified atom stereocenters. The van der Waals surface area contributed by atoms with Gasteiger partial charge in [-0.25, -0.2) is 0 Å². The Kier molecular flexibility index (Phi) is 5.40. The molecule has 0 spiro atoms. The van der Waals surface area contributed by atoms with E-state index in [-0.39, 0.29) is 5.78 Å². The van der Waals surface area contributed by atoms with Crippen LogP contribution >= 0.6 is 0 Å². The second-order valence-electron chi connectivity index (χ2n) is 7.80. The van der Waals surface area contributed by atoms with E-state index in [4.69, 9.17) is 9.26 Å². The van der Waals surface area contributed by atoms with Crippen molar-refractivity contribution in [1.29, 1.82) is 0 Å². The van der Waals surface area contributed by atoms with Crippen molar-refractivity contribution in [2.45, 2.75) is 57.6 Å². The van der Waals surface area contributed by atoms with Gasteiger partial charge < -0.3 is 19.7 Å². The van der Waals surface area contributed by atoms with Gasteiger partial charge in [0.15, 0.2) is 11.5 Å². The molecule has 6 nitrogen and oxygen atoms in total. The molecule has 2 atom stereocenters. The van der Waals surface area contributed by atoms with Crippen molar-refractivity contribution in [3.63, 3.8) is 0 Å². The van der Waals surface area contributed by atoms with Crippen LogP contribution in [0.1, 0.15) is 62.3 Å². The number of piperidine rings is 1. The van der Waals surface area contributed by atoms with Crippen LogP contribution in [0.5, 0.6) is 5.75 Å². The van der Waals surface area contributed by atoms with E-state index in [1.54, 1.807) is 26.0 Å². The van der Waals surface area contributed by atoms with Gasteiger partial charge in [-0.05, 0) is 52.7 Å². The smallest absolute Gasteiger partial charge is 0.181 e. The first-order valence-corrected chi connectivity index (χ1v) is 9.48. The number of aromatic nitrogens is 1. The normalized spacial score (nSPS) is 23.2. The first-order chi connectivity index (χ1) is 12.8. The summed E-state index contributed by atoms with van der Waals surface area (Å²) in [7, 11) is 0. The Balaban J connectivity index is 2.06. The number of benzene rings is 1. The number of ketones is 1. The summed E-state index contributed by atoms with van der Waals surface area (Å²) in [5.74, 6) is 1.00. The minimum atomic E-state index is -1.13. The minimum absolute atomic E-state index is 0.0515. The lowest BCUT2D eigenvalue weighted by Crippen LogP contribution is -2.51. The molecule has 1 aromatic carbocycles. The number of para-hydroxylation sites is 1. The molecule has 2 aromatic rings. The van der Waals surface area contributed by atoms with E-state index in [1.807, 2.05) is 25.1 Å². The highest BCUT2D eigenvalue weighted by Crippen LogP contribution is 2.39. The lowest BCUT2D eigenvalue weighted by Gasteiger charge is -2.37. The molecule has 0 radical (unpaired) electrons. The molecular formula is C21H28N2O4. The molecule has 1 fully saturated rings. The molecule has 0 saturated carbocycles. The number of carbonyl (C=O) groups excluding carboxylic acids is 1. The Hall–Kier alpha value is -2.18. The zero-order chi connectivity index (χ0) is 19.7. The number of carbonyl (C=O) groups is 1. The monoisotopic (exact) mass is 372 g/mol. The highest BCUT2D eigenvalue weighted by atomic mass is 16.5. The van der Waals surface area contributed by atoms with Gasteiger partial charge in [0, 0.05) is 18.7 Å². The molecular weight excluding hydrogens is 344 g/mol. The van der Waals surface area contributed by atoms with Crippen molar-refractivity contribution >= 4 is 5.78 Å². The molecule has 0 aliphatic carbocycles. The van der Waals surface area contributed by atoms with Crippen LogP contribution in [0.2, 0.25) is 0 Å². The predicted octanol–water partition coefficient (Wildman–Crippen LogP) is 3.19. The van der Waals surface area contributed by atoms with Gasteiger partial charge in [-0.2, -0.15) is 0 Å². The number of nitrogens with zero attached hydrogens (tertiary/aromatic N) is 1. The molecule has 1 aliphatic heterocycles. The lowest BCUT2D eigenvalue weighted by molar-refractivity contribution is 0.0695. The van der Waals surface area contributed by atoms with Crippen LogP contribution in [0.15, 0.2) is 34.9 Å². The van der Waals surface area contributed by atoms with Crippen LogP contribution in [-0.2, 0) is 11.0 Å². The maximum Gasteiger partial charge on any atom is 0.181 e. The molecule has 146 valence electrons. The van der Waals surface area contributed by atoms with Crippen LogP contribution < -0.4 is 10.1 Å². The van der Waals surface area contributed by atoms with Gasteiger partial charge in [0.05, 0.1) is 12.2 Å². The SMILES string of the molecule is CCOc1ccccc1C(=O)[C@]1(c2cc(C(C)(C)O)no2)CC[C@@H](C)NC1. The Bertz CT molecular complexity index is 799. The van der Waals surface area contributed by atoms with Gasteiger partial charge in [0.25, 0.3) is 0 Å². The van der Waals surface area contributed by atoms with Gasteiger partial charge in [-0.15, -0.1) is 0 Å². The van der Waals surface area contributed by atoms with Crippen LogP contribution in [0, 0.1) is 0 Å². The van der Waals surface area contributed by atoms with E-state index in [0.717, 1.165) is 6.42 Å². The lowest BCUT2D eigenvalue weighted by atomic mass is 9.71. The molecule has 0 bridgehead atoms. The fourth-order valence-corrected chi connectivity index (χ4v) is 3.50. The minimum Gasteiger partial charge on any atom is -0.493 e. The molecule has 2 heterocycles. The maximum atomic E-state index is 13.7. The number of hydrogen-bond donors (Lipinski definition) is 2. The highest BCUT2D eigenvalue weighted by molar-refractivity contribution is 6.06. The number of ether oxygens (including phenoxy) is 1. The summed E-state index contributed by atoms with van der Waals surface area (Å²) in [6.45, 7) is 8.23. The van der Waals surface area contributed by atoms with Gasteiger partial charge in [-0.3, -0.25) is 4.79 Å². The topological polar surface area (TPSA) is 84.6 Å². The first-order valence-electron chi connectivity index (χ1n) is 9.48. The van der Waals surface area contributed by atoms with Crippen LogP contribution in [0.4, 0.5) is 0 Å². The Morgan fingerprint density at radius 2 is 2.19 bits per heavy atom. The Labute approximate surface area is 159 Å². The second kappa shape index (κ2) is 7.44. The first kappa shape index (κ1) is 19.6. The van der Waals surface area contributed by atoms with E-state index in [0.29, 0.717) is 48.4 Å². The fraction of sp³-hybridized carbons (Fsp3) is 0.524. The largest absolute Gasteiger partial charge is 0.493 e. The maximum absolute atomic E-state index is 13.7. The Morgan fingerprint density at radius 3 is 2.78 bits per heavy atom. The van der Waals surface area contributed by atoms with Crippen LogP contribution in [-0.4, -0.2) is 35.2 Å². The van der Waals surface area contributed by atoms with Gasteiger partial charge in [0.2, 0.25) is 0 Å². The van der Waals surface area contributed by atoms with E-state index in [2.05, 4.69) is 17.4 Å². The third-order valence-electron chi connectivity index (χ3n) is 5.23. The van der Waals surface area contributed by atoms with Crippen molar-refractivity contribution in [2.24, 2.45) is 0 Å². The summed E-state index contributed by atoms with van der Waals surface area (Å²) in [6.07, 6.45) is 1.47. The van der Waals surface area contributed by atoms with Gasteiger partial charge in [-0.1, -0.05) is 17.3 Å². The molecule has 6 heteroatoms. The average Bonchev–Trinajstić information content (AvgIpc) is 3.14. The van der Waals surface area contributed by atoms with E-state index in [9.17, 15) is 9.90 Å². The molecule has 1 aliphatic rings. The fourth-order valence-electron chi connectivity index (χ4n) is 3.50. The van der Waals surface area contributed by atoms with Crippen molar-refractivity contribution < 1.29 is 19.2 Å². The molecule has 1 saturated heterocycles. The standard InChI is InChI=1S/C21H28N2O4/c1-5-26-16-9-7-6-8-15(16)19(24)21(11-10-14(2)22-13-21)18-12-17(23-27-18)20(3,4)25/h6-9,12,14,22,25H,5,10-11,13H2,1-4H3/t14-,21-/m1/s1. The molecule has 2 N–H and O–H groups in total. The zero-order valence-corrected chi connectivity index (χ0v) is 16.4. The summed E-state index contributed by atoms with van der Waals surface area (Å²) >= 11 is 0. The van der Waals surface area contributed by atoms with Crippen LogP contribution in [0.25, 0.3) is 0 Å².